The molecule has 2 saturated carbocycles. The van der Waals surface area contributed by atoms with Crippen LogP contribution in [0.5, 0.6) is 0 Å². The van der Waals surface area contributed by atoms with Crippen LogP contribution in [-0.2, 0) is 10.2 Å². The largest absolute Gasteiger partial charge is 0.355 e. The molecule has 1 N–H and O–H groups in total. The van der Waals surface area contributed by atoms with E-state index >= 15 is 0 Å². The fourth-order valence-corrected chi connectivity index (χ4v) is 5.22. The van der Waals surface area contributed by atoms with Crippen molar-refractivity contribution in [3.05, 3.63) is 35.9 Å². The standard InChI is InChI=1S/C19H27NOS/c21-18(20-14-15-22-17-10-4-5-11-17)19(12-6-7-13-19)16-8-2-1-3-9-16/h1-3,8-9,17H,4-7,10-15H2,(H,20,21). The lowest BCUT2D eigenvalue weighted by atomic mass is 9.78. The predicted octanol–water partition coefficient (Wildman–Crippen LogP) is 4.29. The van der Waals surface area contributed by atoms with E-state index in [1.165, 1.54) is 44.1 Å². The Morgan fingerprint density at radius 1 is 1.09 bits per heavy atom. The van der Waals surface area contributed by atoms with Crippen molar-refractivity contribution in [2.45, 2.75) is 62.0 Å². The van der Waals surface area contributed by atoms with E-state index in [0.717, 1.165) is 30.4 Å². The van der Waals surface area contributed by atoms with Gasteiger partial charge in [0, 0.05) is 17.5 Å². The highest BCUT2D eigenvalue weighted by Crippen LogP contribution is 2.41. The van der Waals surface area contributed by atoms with Crippen molar-refractivity contribution < 1.29 is 4.79 Å². The fraction of sp³-hybridized carbons (Fsp3) is 0.632. The maximum absolute atomic E-state index is 12.8. The van der Waals surface area contributed by atoms with Crippen molar-refractivity contribution in [1.82, 2.24) is 5.32 Å². The summed E-state index contributed by atoms with van der Waals surface area (Å²) in [7, 11) is 0. The van der Waals surface area contributed by atoms with Gasteiger partial charge in [0.1, 0.15) is 0 Å². The summed E-state index contributed by atoms with van der Waals surface area (Å²) < 4.78 is 0. The third kappa shape index (κ3) is 3.51. The lowest BCUT2D eigenvalue weighted by Crippen LogP contribution is -2.43. The summed E-state index contributed by atoms with van der Waals surface area (Å²) in [5, 5.41) is 4.07. The number of carbonyl (C=O) groups is 1. The molecule has 0 heterocycles. The molecule has 120 valence electrons. The van der Waals surface area contributed by atoms with Crippen molar-refractivity contribution >= 4 is 17.7 Å². The summed E-state index contributed by atoms with van der Waals surface area (Å²) >= 11 is 2.05. The molecule has 2 aliphatic carbocycles. The van der Waals surface area contributed by atoms with E-state index in [2.05, 4.69) is 29.6 Å². The van der Waals surface area contributed by atoms with Crippen LogP contribution >= 0.6 is 11.8 Å². The topological polar surface area (TPSA) is 29.1 Å². The van der Waals surface area contributed by atoms with Gasteiger partial charge in [-0.15, -0.1) is 0 Å². The van der Waals surface area contributed by atoms with Gasteiger partial charge in [-0.3, -0.25) is 4.79 Å². The molecule has 3 heteroatoms. The maximum Gasteiger partial charge on any atom is 0.230 e. The van der Waals surface area contributed by atoms with Crippen molar-refractivity contribution in [3.63, 3.8) is 0 Å². The molecule has 0 atom stereocenters. The van der Waals surface area contributed by atoms with Crippen molar-refractivity contribution in [1.29, 1.82) is 0 Å². The maximum atomic E-state index is 12.8. The second-order valence-electron chi connectivity index (χ2n) is 6.69. The number of nitrogens with one attached hydrogen (secondary N) is 1. The molecule has 2 aliphatic rings. The van der Waals surface area contributed by atoms with Gasteiger partial charge in [0.15, 0.2) is 0 Å². The van der Waals surface area contributed by atoms with E-state index in [9.17, 15) is 4.79 Å². The molecule has 0 unspecified atom stereocenters. The summed E-state index contributed by atoms with van der Waals surface area (Å²) in [5.41, 5.74) is 0.938. The summed E-state index contributed by atoms with van der Waals surface area (Å²) in [6.45, 7) is 0.814. The minimum atomic E-state index is -0.265. The van der Waals surface area contributed by atoms with Crippen LogP contribution in [0.25, 0.3) is 0 Å². The lowest BCUT2D eigenvalue weighted by Gasteiger charge is -2.28. The van der Waals surface area contributed by atoms with E-state index in [4.69, 9.17) is 0 Å². The van der Waals surface area contributed by atoms with Crippen molar-refractivity contribution in [2.75, 3.05) is 12.3 Å². The van der Waals surface area contributed by atoms with Gasteiger partial charge in [-0.05, 0) is 31.2 Å². The van der Waals surface area contributed by atoms with E-state index in [0.29, 0.717) is 0 Å². The molecule has 0 radical (unpaired) electrons. The van der Waals surface area contributed by atoms with Gasteiger partial charge in [0.2, 0.25) is 5.91 Å². The monoisotopic (exact) mass is 317 g/mol. The van der Waals surface area contributed by atoms with E-state index < -0.39 is 0 Å². The highest BCUT2D eigenvalue weighted by molar-refractivity contribution is 7.99. The van der Waals surface area contributed by atoms with Gasteiger partial charge in [-0.1, -0.05) is 56.0 Å². The van der Waals surface area contributed by atoms with Gasteiger partial charge >= 0.3 is 0 Å². The van der Waals surface area contributed by atoms with Gasteiger partial charge < -0.3 is 5.32 Å². The second kappa shape index (κ2) is 7.54. The van der Waals surface area contributed by atoms with Crippen molar-refractivity contribution in [3.8, 4) is 0 Å². The highest BCUT2D eigenvalue weighted by atomic mass is 32.2. The molecule has 1 aromatic carbocycles. The van der Waals surface area contributed by atoms with Crippen LogP contribution in [0.15, 0.2) is 30.3 Å². The first-order valence-electron chi connectivity index (χ1n) is 8.77. The zero-order valence-electron chi connectivity index (χ0n) is 13.4. The molecule has 0 saturated heterocycles. The van der Waals surface area contributed by atoms with Gasteiger partial charge in [0.25, 0.3) is 0 Å². The zero-order chi connectivity index (χ0) is 15.3. The number of hydrogen-bond acceptors (Lipinski definition) is 2. The third-order valence-electron chi connectivity index (χ3n) is 5.26. The Morgan fingerprint density at radius 3 is 2.45 bits per heavy atom. The van der Waals surface area contributed by atoms with Crippen LogP contribution in [0.3, 0.4) is 0 Å². The first-order chi connectivity index (χ1) is 10.8. The van der Waals surface area contributed by atoms with E-state index in [1.54, 1.807) is 0 Å². The van der Waals surface area contributed by atoms with E-state index in [-0.39, 0.29) is 11.3 Å². The Labute approximate surface area is 138 Å². The molecule has 1 aromatic rings. The van der Waals surface area contributed by atoms with Crippen LogP contribution < -0.4 is 5.32 Å². The number of rotatable bonds is 6. The normalized spacial score (nSPS) is 21.1. The fourth-order valence-electron chi connectivity index (χ4n) is 4.00. The Kier molecular flexibility index (Phi) is 5.46. The Bertz CT molecular complexity index is 475. The molecule has 2 fully saturated rings. The van der Waals surface area contributed by atoms with Gasteiger partial charge in [0.05, 0.1) is 5.41 Å². The average Bonchev–Trinajstić information content (AvgIpc) is 3.24. The number of carbonyl (C=O) groups excluding carboxylic acids is 1. The number of amides is 1. The predicted molar refractivity (Wildman–Crippen MR) is 94.3 cm³/mol. The van der Waals surface area contributed by atoms with E-state index in [1.807, 2.05) is 17.8 Å². The molecular weight excluding hydrogens is 290 g/mol. The number of hydrogen-bond donors (Lipinski definition) is 1. The smallest absolute Gasteiger partial charge is 0.230 e. The molecule has 0 aliphatic heterocycles. The van der Waals surface area contributed by atoms with Crippen LogP contribution in [0, 0.1) is 0 Å². The van der Waals surface area contributed by atoms with Crippen LogP contribution in [0.1, 0.15) is 56.9 Å². The number of thioether (sulfide) groups is 1. The Hall–Kier alpha value is -0.960. The highest BCUT2D eigenvalue weighted by Gasteiger charge is 2.42. The number of benzene rings is 1. The molecule has 0 bridgehead atoms. The van der Waals surface area contributed by atoms with Crippen molar-refractivity contribution in [2.24, 2.45) is 0 Å². The Morgan fingerprint density at radius 2 is 1.77 bits per heavy atom. The lowest BCUT2D eigenvalue weighted by molar-refractivity contribution is -0.126. The quantitative estimate of drug-likeness (QED) is 0.793. The first-order valence-corrected chi connectivity index (χ1v) is 9.82. The minimum Gasteiger partial charge on any atom is -0.355 e. The van der Waals surface area contributed by atoms with Gasteiger partial charge in [-0.25, -0.2) is 0 Å². The van der Waals surface area contributed by atoms with Crippen LogP contribution in [0.2, 0.25) is 0 Å². The average molecular weight is 317 g/mol. The Balaban J connectivity index is 1.54. The minimum absolute atomic E-state index is 0.253. The molecule has 3 rings (SSSR count). The zero-order valence-corrected chi connectivity index (χ0v) is 14.2. The molecule has 22 heavy (non-hydrogen) atoms. The summed E-state index contributed by atoms with van der Waals surface area (Å²) in [4.78, 5) is 12.8. The summed E-state index contributed by atoms with van der Waals surface area (Å²) in [6.07, 6.45) is 9.84. The SMILES string of the molecule is O=C(NCCSC1CCCC1)C1(c2ccccc2)CCCC1. The molecule has 0 aromatic heterocycles. The van der Waals surface area contributed by atoms with Crippen LogP contribution in [-0.4, -0.2) is 23.5 Å². The summed E-state index contributed by atoms with van der Waals surface area (Å²) in [5.74, 6) is 1.31. The second-order valence-corrected chi connectivity index (χ2v) is 8.10. The molecule has 0 spiro atoms. The first kappa shape index (κ1) is 15.9. The summed E-state index contributed by atoms with van der Waals surface area (Å²) in [6, 6.07) is 10.4. The van der Waals surface area contributed by atoms with Gasteiger partial charge in [-0.2, -0.15) is 11.8 Å². The van der Waals surface area contributed by atoms with Crippen LogP contribution in [0.4, 0.5) is 0 Å². The molecule has 1 amide bonds. The molecule has 2 nitrogen and oxygen atoms in total. The third-order valence-corrected chi connectivity index (χ3v) is 6.64. The molecular formula is C19H27NOS.